The van der Waals surface area contributed by atoms with Crippen molar-refractivity contribution >= 4 is 17.5 Å². The molecule has 18 heavy (non-hydrogen) atoms. The number of anilines is 2. The van der Waals surface area contributed by atoms with Crippen LogP contribution in [-0.2, 0) is 0 Å². The van der Waals surface area contributed by atoms with Gasteiger partial charge in [0.05, 0.1) is 7.11 Å². The molecule has 0 atom stereocenters. The Morgan fingerprint density at radius 3 is 2.83 bits per heavy atom. The maximum atomic E-state index is 11.7. The maximum absolute atomic E-state index is 11.7. The summed E-state index contributed by atoms with van der Waals surface area (Å²) < 4.78 is 5.07. The third-order valence-corrected chi connectivity index (χ3v) is 2.28. The molecule has 3 N–H and O–H groups in total. The molecule has 0 unspecified atom stereocenters. The normalized spacial score (nSPS) is 9.89. The van der Waals surface area contributed by atoms with Gasteiger partial charge in [-0.2, -0.15) is 5.10 Å². The lowest BCUT2D eigenvalue weighted by Crippen LogP contribution is -2.19. The monoisotopic (exact) mass is 246 g/mol. The second-order valence-corrected chi connectivity index (χ2v) is 3.75. The molecule has 0 aliphatic carbocycles. The number of aryl methyl sites for hydroxylation is 1. The number of aromatic amines is 1. The first-order chi connectivity index (χ1) is 8.67. The molecule has 0 radical (unpaired) electrons. The van der Waals surface area contributed by atoms with Crippen LogP contribution in [0, 0.1) is 6.92 Å². The highest BCUT2D eigenvalue weighted by Crippen LogP contribution is 2.16. The van der Waals surface area contributed by atoms with Crippen molar-refractivity contribution in [3.63, 3.8) is 0 Å². The van der Waals surface area contributed by atoms with Crippen LogP contribution >= 0.6 is 0 Å². The van der Waals surface area contributed by atoms with Crippen molar-refractivity contribution in [3.05, 3.63) is 36.0 Å². The number of benzene rings is 1. The van der Waals surface area contributed by atoms with E-state index in [2.05, 4.69) is 20.8 Å². The minimum absolute atomic E-state index is 0.352. The zero-order valence-electron chi connectivity index (χ0n) is 10.2. The predicted octanol–water partition coefficient (Wildman–Crippen LogP) is 2.37. The van der Waals surface area contributed by atoms with Gasteiger partial charge in [-0.15, -0.1) is 0 Å². The number of H-pyrrole nitrogens is 1. The van der Waals surface area contributed by atoms with Crippen LogP contribution in [-0.4, -0.2) is 23.3 Å². The zero-order chi connectivity index (χ0) is 13.0. The lowest BCUT2D eigenvalue weighted by Gasteiger charge is -2.06. The summed E-state index contributed by atoms with van der Waals surface area (Å²) in [5, 5.41) is 12.0. The van der Waals surface area contributed by atoms with Crippen molar-refractivity contribution in [1.82, 2.24) is 10.2 Å². The van der Waals surface area contributed by atoms with Gasteiger partial charge in [-0.05, 0) is 19.1 Å². The fourth-order valence-corrected chi connectivity index (χ4v) is 1.46. The van der Waals surface area contributed by atoms with Gasteiger partial charge < -0.3 is 10.1 Å². The molecule has 0 bridgehead atoms. The Morgan fingerprint density at radius 2 is 2.17 bits per heavy atom. The zero-order valence-corrected chi connectivity index (χ0v) is 10.2. The Hall–Kier alpha value is -2.50. The van der Waals surface area contributed by atoms with Crippen molar-refractivity contribution in [3.8, 4) is 5.75 Å². The number of hydrogen-bond acceptors (Lipinski definition) is 3. The standard InChI is InChI=1S/C12H14N4O2/c1-8-6-11(16-15-8)14-12(17)13-9-4-3-5-10(7-9)18-2/h3-7H,1-2H3,(H3,13,14,15,16,17). The Morgan fingerprint density at radius 1 is 1.33 bits per heavy atom. The van der Waals surface area contributed by atoms with E-state index < -0.39 is 0 Å². The molecule has 2 amide bonds. The predicted molar refractivity (Wildman–Crippen MR) is 69.0 cm³/mol. The van der Waals surface area contributed by atoms with Crippen molar-refractivity contribution < 1.29 is 9.53 Å². The molecule has 1 aromatic heterocycles. The van der Waals surface area contributed by atoms with E-state index in [1.54, 1.807) is 37.4 Å². The van der Waals surface area contributed by atoms with E-state index in [1.807, 2.05) is 6.92 Å². The number of nitrogens with zero attached hydrogens (tertiary/aromatic N) is 1. The molecule has 0 saturated heterocycles. The van der Waals surface area contributed by atoms with E-state index in [1.165, 1.54) is 0 Å². The number of nitrogens with one attached hydrogen (secondary N) is 3. The smallest absolute Gasteiger partial charge is 0.324 e. The second-order valence-electron chi connectivity index (χ2n) is 3.75. The van der Waals surface area contributed by atoms with Crippen LogP contribution in [0.1, 0.15) is 5.69 Å². The van der Waals surface area contributed by atoms with Crippen LogP contribution in [0.4, 0.5) is 16.3 Å². The molecule has 0 aliphatic heterocycles. The van der Waals surface area contributed by atoms with E-state index in [9.17, 15) is 4.79 Å². The third kappa shape index (κ3) is 3.00. The van der Waals surface area contributed by atoms with Gasteiger partial charge in [-0.1, -0.05) is 6.07 Å². The van der Waals surface area contributed by atoms with Gasteiger partial charge >= 0.3 is 6.03 Å². The number of rotatable bonds is 3. The van der Waals surface area contributed by atoms with Gasteiger partial charge in [-0.3, -0.25) is 10.4 Å². The summed E-state index contributed by atoms with van der Waals surface area (Å²) in [5.41, 5.74) is 1.53. The molecule has 0 spiro atoms. The van der Waals surface area contributed by atoms with E-state index in [0.717, 1.165) is 5.69 Å². The van der Waals surface area contributed by atoms with Crippen LogP contribution in [0.2, 0.25) is 0 Å². The molecule has 6 nitrogen and oxygen atoms in total. The van der Waals surface area contributed by atoms with Crippen LogP contribution in [0.15, 0.2) is 30.3 Å². The van der Waals surface area contributed by atoms with Gasteiger partial charge in [0.1, 0.15) is 5.75 Å². The number of ether oxygens (including phenoxy) is 1. The summed E-state index contributed by atoms with van der Waals surface area (Å²) in [6, 6.07) is 8.50. The second kappa shape index (κ2) is 5.22. The average Bonchev–Trinajstić information content (AvgIpc) is 2.74. The molecule has 0 fully saturated rings. The highest BCUT2D eigenvalue weighted by Gasteiger charge is 2.05. The minimum Gasteiger partial charge on any atom is -0.497 e. The molecule has 1 aromatic carbocycles. The van der Waals surface area contributed by atoms with E-state index in [4.69, 9.17) is 4.74 Å². The van der Waals surface area contributed by atoms with Crippen LogP contribution in [0.3, 0.4) is 0 Å². The quantitative estimate of drug-likeness (QED) is 0.777. The summed E-state index contributed by atoms with van der Waals surface area (Å²) in [6.07, 6.45) is 0. The van der Waals surface area contributed by atoms with Crippen LogP contribution in [0.25, 0.3) is 0 Å². The number of hydrogen-bond donors (Lipinski definition) is 3. The topological polar surface area (TPSA) is 79.0 Å². The Balaban J connectivity index is 1.98. The fraction of sp³-hybridized carbons (Fsp3) is 0.167. The van der Waals surface area contributed by atoms with Gasteiger partial charge in [0.2, 0.25) is 0 Å². The van der Waals surface area contributed by atoms with Gasteiger partial charge in [0.15, 0.2) is 5.82 Å². The molecular formula is C12H14N4O2. The first-order valence-electron chi connectivity index (χ1n) is 5.41. The summed E-state index contributed by atoms with van der Waals surface area (Å²) in [7, 11) is 1.58. The van der Waals surface area contributed by atoms with E-state index in [0.29, 0.717) is 17.3 Å². The summed E-state index contributed by atoms with van der Waals surface area (Å²) in [5.74, 6) is 1.16. The molecule has 2 aromatic rings. The first-order valence-corrected chi connectivity index (χ1v) is 5.41. The fourth-order valence-electron chi connectivity index (χ4n) is 1.46. The largest absolute Gasteiger partial charge is 0.497 e. The number of urea groups is 1. The van der Waals surface area contributed by atoms with Gasteiger partial charge in [0.25, 0.3) is 0 Å². The van der Waals surface area contributed by atoms with Crippen molar-refractivity contribution in [2.24, 2.45) is 0 Å². The van der Waals surface area contributed by atoms with Gasteiger partial charge in [-0.25, -0.2) is 4.79 Å². The van der Waals surface area contributed by atoms with Crippen molar-refractivity contribution in [1.29, 1.82) is 0 Å². The Bertz CT molecular complexity index is 551. The molecular weight excluding hydrogens is 232 g/mol. The van der Waals surface area contributed by atoms with E-state index in [-0.39, 0.29) is 6.03 Å². The number of aromatic nitrogens is 2. The summed E-state index contributed by atoms with van der Waals surface area (Å²) >= 11 is 0. The highest BCUT2D eigenvalue weighted by molar-refractivity contribution is 5.99. The SMILES string of the molecule is COc1cccc(NC(=O)Nc2cc(C)[nH]n2)c1. The Labute approximate surface area is 104 Å². The molecule has 94 valence electrons. The van der Waals surface area contributed by atoms with Gasteiger partial charge in [0, 0.05) is 23.5 Å². The summed E-state index contributed by atoms with van der Waals surface area (Å²) in [6.45, 7) is 1.86. The van der Waals surface area contributed by atoms with Crippen molar-refractivity contribution in [2.45, 2.75) is 6.92 Å². The molecule has 1 heterocycles. The highest BCUT2D eigenvalue weighted by atomic mass is 16.5. The lowest BCUT2D eigenvalue weighted by atomic mass is 10.3. The molecule has 2 rings (SSSR count). The average molecular weight is 246 g/mol. The third-order valence-electron chi connectivity index (χ3n) is 2.28. The van der Waals surface area contributed by atoms with Crippen LogP contribution in [0.5, 0.6) is 5.75 Å². The van der Waals surface area contributed by atoms with E-state index >= 15 is 0 Å². The number of carbonyl (C=O) groups is 1. The lowest BCUT2D eigenvalue weighted by molar-refractivity contribution is 0.262. The number of carbonyl (C=O) groups excluding carboxylic acids is 1. The summed E-state index contributed by atoms with van der Waals surface area (Å²) in [4.78, 5) is 11.7. The molecule has 6 heteroatoms. The van der Waals surface area contributed by atoms with Crippen LogP contribution < -0.4 is 15.4 Å². The Kier molecular flexibility index (Phi) is 3.47. The van der Waals surface area contributed by atoms with Crippen molar-refractivity contribution in [2.75, 3.05) is 17.7 Å². The minimum atomic E-state index is -0.352. The molecule has 0 saturated carbocycles. The first kappa shape index (κ1) is 12.0. The molecule has 0 aliphatic rings. The number of amides is 2. The maximum Gasteiger partial charge on any atom is 0.324 e. The number of methoxy groups -OCH3 is 1.